The Morgan fingerprint density at radius 1 is 1.44 bits per heavy atom. The molecule has 1 amide bonds. The molecule has 0 N–H and O–H groups in total. The minimum Gasteiger partial charge on any atom is -0.383 e. The van der Waals surface area contributed by atoms with Crippen LogP contribution in [0.5, 0.6) is 0 Å². The molecular weight excluding hydrogens is 254 g/mol. The number of rotatable bonds is 4. The molecule has 1 aromatic heterocycles. The van der Waals surface area contributed by atoms with Crippen molar-refractivity contribution in [2.45, 2.75) is 6.92 Å². The van der Waals surface area contributed by atoms with Crippen LogP contribution in [0.3, 0.4) is 0 Å². The van der Waals surface area contributed by atoms with Crippen LogP contribution in [0, 0.1) is 10.1 Å². The van der Waals surface area contributed by atoms with Crippen LogP contribution in [0.1, 0.15) is 11.8 Å². The standard InChI is InChI=1S/C11H15N3O3S/c1-8(15)13(4)11-7-9(14(16)17)10(18-11)5-6-12(2)3/h5-7H,1-4H3. The molecule has 18 heavy (non-hydrogen) atoms. The van der Waals surface area contributed by atoms with E-state index in [0.29, 0.717) is 9.88 Å². The summed E-state index contributed by atoms with van der Waals surface area (Å²) >= 11 is 1.22. The van der Waals surface area contributed by atoms with Gasteiger partial charge in [-0.2, -0.15) is 0 Å². The Morgan fingerprint density at radius 3 is 2.50 bits per heavy atom. The fraction of sp³-hybridized carbons (Fsp3) is 0.364. The first-order chi connectivity index (χ1) is 8.32. The number of amides is 1. The van der Waals surface area contributed by atoms with Gasteiger partial charge in [-0.15, -0.1) is 11.3 Å². The lowest BCUT2D eigenvalue weighted by molar-refractivity contribution is -0.384. The van der Waals surface area contributed by atoms with Gasteiger partial charge in [0.25, 0.3) is 5.69 Å². The van der Waals surface area contributed by atoms with Gasteiger partial charge < -0.3 is 9.80 Å². The van der Waals surface area contributed by atoms with Gasteiger partial charge in [0, 0.05) is 34.3 Å². The second kappa shape index (κ2) is 5.63. The first-order valence-electron chi connectivity index (χ1n) is 5.20. The van der Waals surface area contributed by atoms with E-state index in [1.54, 1.807) is 24.2 Å². The molecule has 0 aromatic carbocycles. The number of thiophene rings is 1. The molecule has 7 heteroatoms. The molecule has 1 heterocycles. The number of carbonyl (C=O) groups is 1. The predicted molar refractivity (Wildman–Crippen MR) is 72.8 cm³/mol. The van der Waals surface area contributed by atoms with E-state index in [-0.39, 0.29) is 11.6 Å². The summed E-state index contributed by atoms with van der Waals surface area (Å²) in [5.41, 5.74) is 0.0150. The average molecular weight is 269 g/mol. The maximum atomic E-state index is 11.2. The third kappa shape index (κ3) is 3.30. The molecule has 0 fully saturated rings. The normalized spacial score (nSPS) is 10.7. The van der Waals surface area contributed by atoms with Gasteiger partial charge in [-0.3, -0.25) is 14.9 Å². The Morgan fingerprint density at radius 2 is 2.06 bits per heavy atom. The van der Waals surface area contributed by atoms with E-state index in [9.17, 15) is 14.9 Å². The predicted octanol–water partition coefficient (Wildman–Crippen LogP) is 2.17. The van der Waals surface area contributed by atoms with Crippen molar-refractivity contribution in [2.75, 3.05) is 26.0 Å². The molecule has 0 spiro atoms. The van der Waals surface area contributed by atoms with Gasteiger partial charge in [0.1, 0.15) is 9.88 Å². The summed E-state index contributed by atoms with van der Waals surface area (Å²) in [5.74, 6) is -0.158. The molecular formula is C11H15N3O3S. The quantitative estimate of drug-likeness (QED) is 0.620. The van der Waals surface area contributed by atoms with Crippen molar-refractivity contribution in [2.24, 2.45) is 0 Å². The van der Waals surface area contributed by atoms with Crippen molar-refractivity contribution in [3.8, 4) is 0 Å². The number of hydrogen-bond donors (Lipinski definition) is 0. The zero-order valence-electron chi connectivity index (χ0n) is 10.7. The first kappa shape index (κ1) is 14.2. The lowest BCUT2D eigenvalue weighted by atomic mass is 10.3. The van der Waals surface area contributed by atoms with Crippen molar-refractivity contribution in [3.63, 3.8) is 0 Å². The summed E-state index contributed by atoms with van der Waals surface area (Å²) in [6, 6.07) is 1.42. The fourth-order valence-corrected chi connectivity index (χ4v) is 2.21. The second-order valence-electron chi connectivity index (χ2n) is 3.95. The molecule has 0 atom stereocenters. The molecule has 98 valence electrons. The largest absolute Gasteiger partial charge is 0.383 e. The highest BCUT2D eigenvalue weighted by Gasteiger charge is 2.20. The second-order valence-corrected chi connectivity index (χ2v) is 5.01. The molecule has 0 saturated carbocycles. The number of nitro groups is 1. The van der Waals surface area contributed by atoms with Crippen molar-refractivity contribution in [1.82, 2.24) is 4.90 Å². The minimum atomic E-state index is -0.441. The fourth-order valence-electron chi connectivity index (χ4n) is 1.18. The summed E-state index contributed by atoms with van der Waals surface area (Å²) in [6.45, 7) is 1.42. The van der Waals surface area contributed by atoms with E-state index < -0.39 is 4.92 Å². The van der Waals surface area contributed by atoms with Crippen molar-refractivity contribution in [1.29, 1.82) is 0 Å². The van der Waals surface area contributed by atoms with Gasteiger partial charge in [0.2, 0.25) is 5.91 Å². The van der Waals surface area contributed by atoms with Gasteiger partial charge in [-0.1, -0.05) is 0 Å². The summed E-state index contributed by atoms with van der Waals surface area (Å²) in [7, 11) is 5.26. The molecule has 6 nitrogen and oxygen atoms in total. The van der Waals surface area contributed by atoms with Gasteiger partial charge in [0.05, 0.1) is 11.0 Å². The Bertz CT molecular complexity index is 494. The molecule has 0 radical (unpaired) electrons. The lowest BCUT2D eigenvalue weighted by Crippen LogP contribution is -2.21. The van der Waals surface area contributed by atoms with Crippen LogP contribution in [0.25, 0.3) is 6.08 Å². The molecule has 0 aliphatic heterocycles. The lowest BCUT2D eigenvalue weighted by Gasteiger charge is -2.10. The summed E-state index contributed by atoms with van der Waals surface area (Å²) in [5, 5.41) is 11.5. The molecule has 1 rings (SSSR count). The van der Waals surface area contributed by atoms with Crippen molar-refractivity contribution >= 4 is 34.0 Å². The molecule has 0 aliphatic rings. The zero-order chi connectivity index (χ0) is 13.9. The third-order valence-electron chi connectivity index (χ3n) is 2.25. The Hall–Kier alpha value is -1.89. The maximum Gasteiger partial charge on any atom is 0.289 e. The highest BCUT2D eigenvalue weighted by atomic mass is 32.1. The molecule has 0 bridgehead atoms. The summed E-state index contributed by atoms with van der Waals surface area (Å²) in [6.07, 6.45) is 3.40. The number of hydrogen-bond acceptors (Lipinski definition) is 5. The van der Waals surface area contributed by atoms with Crippen LogP contribution in [-0.4, -0.2) is 36.9 Å². The van der Waals surface area contributed by atoms with E-state index in [2.05, 4.69) is 0 Å². The van der Waals surface area contributed by atoms with Crippen LogP contribution in [0.15, 0.2) is 12.3 Å². The summed E-state index contributed by atoms with van der Waals surface area (Å²) in [4.78, 5) is 25.4. The third-order valence-corrected chi connectivity index (χ3v) is 3.42. The van der Waals surface area contributed by atoms with E-state index in [4.69, 9.17) is 0 Å². The zero-order valence-corrected chi connectivity index (χ0v) is 11.5. The van der Waals surface area contributed by atoms with E-state index in [1.807, 2.05) is 14.1 Å². The molecule has 1 aromatic rings. The van der Waals surface area contributed by atoms with Crippen LogP contribution in [0.2, 0.25) is 0 Å². The first-order valence-corrected chi connectivity index (χ1v) is 6.01. The molecule has 0 aliphatic carbocycles. The van der Waals surface area contributed by atoms with Gasteiger partial charge in [0.15, 0.2) is 0 Å². The Kier molecular flexibility index (Phi) is 4.43. The number of anilines is 1. The maximum absolute atomic E-state index is 11.2. The van der Waals surface area contributed by atoms with Gasteiger partial charge >= 0.3 is 0 Å². The van der Waals surface area contributed by atoms with Crippen LogP contribution < -0.4 is 4.90 Å². The van der Waals surface area contributed by atoms with E-state index in [0.717, 1.165) is 0 Å². The smallest absolute Gasteiger partial charge is 0.289 e. The highest BCUT2D eigenvalue weighted by molar-refractivity contribution is 7.17. The SMILES string of the molecule is CC(=O)N(C)c1cc([N+](=O)[O-])c(C=CN(C)C)s1. The number of carbonyl (C=O) groups excluding carboxylic acids is 1. The van der Waals surface area contributed by atoms with E-state index >= 15 is 0 Å². The average Bonchev–Trinajstić information content (AvgIpc) is 2.69. The Labute approximate surface area is 109 Å². The molecule has 0 saturated heterocycles. The Balaban J connectivity index is 3.16. The minimum absolute atomic E-state index is 0.0150. The van der Waals surface area contributed by atoms with Crippen LogP contribution >= 0.6 is 11.3 Å². The van der Waals surface area contributed by atoms with Gasteiger partial charge in [-0.05, 0) is 6.08 Å². The highest BCUT2D eigenvalue weighted by Crippen LogP contribution is 2.35. The van der Waals surface area contributed by atoms with E-state index in [1.165, 1.54) is 29.2 Å². The summed E-state index contributed by atoms with van der Waals surface area (Å²) < 4.78 is 0. The molecule has 0 unspecified atom stereocenters. The monoisotopic (exact) mass is 269 g/mol. The van der Waals surface area contributed by atoms with Crippen molar-refractivity contribution in [3.05, 3.63) is 27.3 Å². The van der Waals surface area contributed by atoms with Crippen LogP contribution in [-0.2, 0) is 4.79 Å². The van der Waals surface area contributed by atoms with Crippen molar-refractivity contribution < 1.29 is 9.72 Å². The van der Waals surface area contributed by atoms with Gasteiger partial charge in [-0.25, -0.2) is 0 Å². The van der Waals surface area contributed by atoms with Crippen LogP contribution in [0.4, 0.5) is 10.7 Å². The topological polar surface area (TPSA) is 66.7 Å². The number of nitrogens with zero attached hydrogens (tertiary/aromatic N) is 3.